The van der Waals surface area contributed by atoms with Crippen molar-refractivity contribution in [2.75, 3.05) is 5.32 Å². The molecule has 8 nitrogen and oxygen atoms in total. The summed E-state index contributed by atoms with van der Waals surface area (Å²) in [5, 5.41) is 12.8. The summed E-state index contributed by atoms with van der Waals surface area (Å²) in [6.07, 6.45) is 3.16. The van der Waals surface area contributed by atoms with E-state index < -0.39 is 16.7 Å². The highest BCUT2D eigenvalue weighted by molar-refractivity contribution is 6.03. The molecule has 0 saturated heterocycles. The van der Waals surface area contributed by atoms with Gasteiger partial charge in [-0.1, -0.05) is 0 Å². The van der Waals surface area contributed by atoms with E-state index in [9.17, 15) is 24.5 Å². The van der Waals surface area contributed by atoms with E-state index in [1.54, 1.807) is 12.6 Å². The zero-order valence-corrected chi connectivity index (χ0v) is 10.3. The van der Waals surface area contributed by atoms with Crippen LogP contribution in [0.2, 0.25) is 0 Å². The Bertz CT molecular complexity index is 708. The first kappa shape index (κ1) is 14.1. The van der Waals surface area contributed by atoms with Crippen LogP contribution in [-0.2, 0) is 9.59 Å². The van der Waals surface area contributed by atoms with E-state index in [1.165, 1.54) is 18.2 Å². The lowest BCUT2D eigenvalue weighted by molar-refractivity contribution is -0.402. The van der Waals surface area contributed by atoms with E-state index >= 15 is 0 Å². The Morgan fingerprint density at radius 2 is 1.76 bits per heavy atom. The fourth-order valence-electron chi connectivity index (χ4n) is 1.56. The first-order valence-electron chi connectivity index (χ1n) is 5.50. The molecule has 1 aromatic carbocycles. The summed E-state index contributed by atoms with van der Waals surface area (Å²) in [6.45, 7) is 0. The van der Waals surface area contributed by atoms with Crippen LogP contribution in [0.1, 0.15) is 21.7 Å². The van der Waals surface area contributed by atoms with Gasteiger partial charge in [-0.15, -0.1) is 0 Å². The molecule has 0 fully saturated rings. The van der Waals surface area contributed by atoms with Gasteiger partial charge in [0.1, 0.15) is 4.92 Å². The second kappa shape index (κ2) is 5.78. The largest absolute Gasteiger partial charge is 0.433 e. The Kier molecular flexibility index (Phi) is 3.89. The number of amides is 1. The molecule has 0 bridgehead atoms. The van der Waals surface area contributed by atoms with Gasteiger partial charge in [0.2, 0.25) is 12.6 Å². The molecule has 8 heteroatoms. The Morgan fingerprint density at radius 1 is 1.14 bits per heavy atom. The number of furan rings is 1. The van der Waals surface area contributed by atoms with Crippen molar-refractivity contribution in [3.63, 3.8) is 0 Å². The van der Waals surface area contributed by atoms with Crippen LogP contribution in [0.5, 0.6) is 0 Å². The standard InChI is InChI=1S/C13H6N2O6/c16-6-8-3-9(7-17)5-10(4-8)14-13(18)11-1-2-12(21-11)15(19)20/h1-5H,(H,14,18). The SMILES string of the molecule is O=[C]c1cc([C]=O)cc(NC(=O)c2ccc([N+](=O)[O-])o2)c1. The van der Waals surface area contributed by atoms with Crippen LogP contribution in [0.3, 0.4) is 0 Å². The predicted molar refractivity (Wildman–Crippen MR) is 69.3 cm³/mol. The van der Waals surface area contributed by atoms with Gasteiger partial charge in [0.15, 0.2) is 5.76 Å². The molecule has 1 heterocycles. The number of carbonyl (C=O) groups is 1. The summed E-state index contributed by atoms with van der Waals surface area (Å²) in [5.41, 5.74) is 0.242. The number of hydrogen-bond donors (Lipinski definition) is 1. The normalized spacial score (nSPS) is 9.90. The minimum absolute atomic E-state index is 0.0524. The number of carbonyl (C=O) groups excluding carboxylic acids is 3. The fraction of sp³-hybridized carbons (Fsp3) is 0. The number of rotatable bonds is 5. The van der Waals surface area contributed by atoms with E-state index in [-0.39, 0.29) is 22.6 Å². The third kappa shape index (κ3) is 3.18. The first-order valence-corrected chi connectivity index (χ1v) is 5.50. The molecule has 1 aromatic heterocycles. The number of nitrogens with one attached hydrogen (secondary N) is 1. The highest BCUT2D eigenvalue weighted by atomic mass is 16.6. The van der Waals surface area contributed by atoms with Crippen molar-refractivity contribution in [1.29, 1.82) is 0 Å². The Morgan fingerprint density at radius 3 is 2.24 bits per heavy atom. The highest BCUT2D eigenvalue weighted by Gasteiger charge is 2.17. The molecule has 0 aliphatic heterocycles. The molecule has 0 spiro atoms. The molecule has 1 amide bonds. The Labute approximate surface area is 117 Å². The Balaban J connectivity index is 2.24. The second-order valence-corrected chi connectivity index (χ2v) is 3.85. The molecule has 0 unspecified atom stereocenters. The summed E-state index contributed by atoms with van der Waals surface area (Å²) in [5.74, 6) is -1.61. The van der Waals surface area contributed by atoms with Crippen LogP contribution in [-0.4, -0.2) is 23.4 Å². The summed E-state index contributed by atoms with van der Waals surface area (Å²) >= 11 is 0. The number of benzene rings is 1. The molecule has 0 atom stereocenters. The average Bonchev–Trinajstić information content (AvgIpc) is 2.97. The molecule has 0 aliphatic carbocycles. The van der Waals surface area contributed by atoms with Crippen molar-refractivity contribution in [3.8, 4) is 0 Å². The second-order valence-electron chi connectivity index (χ2n) is 3.85. The minimum Gasteiger partial charge on any atom is -0.395 e. The maximum Gasteiger partial charge on any atom is 0.433 e. The third-order valence-electron chi connectivity index (χ3n) is 2.42. The van der Waals surface area contributed by atoms with Crippen LogP contribution < -0.4 is 5.32 Å². The van der Waals surface area contributed by atoms with E-state index in [4.69, 9.17) is 4.42 Å². The maximum atomic E-state index is 11.8. The van der Waals surface area contributed by atoms with Gasteiger partial charge in [-0.2, -0.15) is 0 Å². The van der Waals surface area contributed by atoms with Gasteiger partial charge in [-0.05, 0) is 24.3 Å². The van der Waals surface area contributed by atoms with Crippen molar-refractivity contribution < 1.29 is 23.7 Å². The molecular formula is C13H6N2O6. The summed E-state index contributed by atoms with van der Waals surface area (Å²) < 4.78 is 4.73. The first-order chi connectivity index (χ1) is 10.0. The van der Waals surface area contributed by atoms with Gasteiger partial charge in [0, 0.05) is 16.8 Å². The van der Waals surface area contributed by atoms with Crippen LogP contribution >= 0.6 is 0 Å². The lowest BCUT2D eigenvalue weighted by Gasteiger charge is -2.04. The molecule has 0 saturated carbocycles. The van der Waals surface area contributed by atoms with Crippen LogP contribution in [0.25, 0.3) is 0 Å². The monoisotopic (exact) mass is 286 g/mol. The Hall–Kier alpha value is -3.29. The zero-order chi connectivity index (χ0) is 15.4. The lowest BCUT2D eigenvalue weighted by atomic mass is 10.1. The van der Waals surface area contributed by atoms with Gasteiger partial charge in [0.25, 0.3) is 5.91 Å². The predicted octanol–water partition coefficient (Wildman–Crippen LogP) is 1.36. The molecule has 2 radical (unpaired) electrons. The van der Waals surface area contributed by atoms with Crippen molar-refractivity contribution in [2.45, 2.75) is 0 Å². The van der Waals surface area contributed by atoms with Crippen molar-refractivity contribution >= 4 is 30.1 Å². The summed E-state index contributed by atoms with van der Waals surface area (Å²) in [4.78, 5) is 42.7. The zero-order valence-electron chi connectivity index (χ0n) is 10.3. The van der Waals surface area contributed by atoms with E-state index in [1.807, 2.05) is 0 Å². The molecule has 1 N–H and O–H groups in total. The lowest BCUT2D eigenvalue weighted by Crippen LogP contribution is -2.11. The van der Waals surface area contributed by atoms with Gasteiger partial charge in [-0.3, -0.25) is 24.5 Å². The van der Waals surface area contributed by atoms with Crippen LogP contribution in [0.15, 0.2) is 34.7 Å². The van der Waals surface area contributed by atoms with E-state index in [2.05, 4.69) is 5.32 Å². The van der Waals surface area contributed by atoms with Crippen molar-refractivity contribution in [2.24, 2.45) is 0 Å². The molecule has 2 rings (SSSR count). The fourth-order valence-corrected chi connectivity index (χ4v) is 1.56. The van der Waals surface area contributed by atoms with Gasteiger partial charge in [-0.25, -0.2) is 0 Å². The van der Waals surface area contributed by atoms with Crippen molar-refractivity contribution in [3.05, 3.63) is 57.3 Å². The summed E-state index contributed by atoms with van der Waals surface area (Å²) in [6, 6.07) is 5.98. The third-order valence-corrected chi connectivity index (χ3v) is 2.42. The van der Waals surface area contributed by atoms with Crippen LogP contribution in [0.4, 0.5) is 11.6 Å². The topological polar surface area (TPSA) is 120 Å². The smallest absolute Gasteiger partial charge is 0.395 e. The van der Waals surface area contributed by atoms with E-state index in [0.29, 0.717) is 0 Å². The number of hydrogen-bond acceptors (Lipinski definition) is 6. The number of nitro groups is 1. The number of nitrogens with zero attached hydrogens (tertiary/aromatic N) is 1. The van der Waals surface area contributed by atoms with Gasteiger partial charge >= 0.3 is 5.88 Å². The minimum atomic E-state index is -0.780. The van der Waals surface area contributed by atoms with Crippen LogP contribution in [0, 0.1) is 10.1 Å². The molecule has 21 heavy (non-hydrogen) atoms. The molecule has 2 aromatic rings. The number of anilines is 1. The van der Waals surface area contributed by atoms with Gasteiger partial charge < -0.3 is 9.73 Å². The molecule has 104 valence electrons. The van der Waals surface area contributed by atoms with Gasteiger partial charge in [0.05, 0.1) is 6.07 Å². The van der Waals surface area contributed by atoms with Crippen molar-refractivity contribution in [1.82, 2.24) is 0 Å². The highest BCUT2D eigenvalue weighted by Crippen LogP contribution is 2.18. The quantitative estimate of drug-likeness (QED) is 0.654. The summed E-state index contributed by atoms with van der Waals surface area (Å²) in [7, 11) is 0. The molecule has 0 aliphatic rings. The average molecular weight is 286 g/mol. The maximum absolute atomic E-state index is 11.8. The van der Waals surface area contributed by atoms with E-state index in [0.717, 1.165) is 12.1 Å². The molecular weight excluding hydrogens is 280 g/mol.